The van der Waals surface area contributed by atoms with Gasteiger partial charge in [-0.05, 0) is 75.6 Å². The first-order valence-corrected chi connectivity index (χ1v) is 21.5. The second-order valence-electron chi connectivity index (χ2n) is 16.6. The maximum absolute atomic E-state index is 14.2. The van der Waals surface area contributed by atoms with Gasteiger partial charge in [-0.1, -0.05) is 69.3 Å². The van der Waals surface area contributed by atoms with Crippen molar-refractivity contribution in [3.8, 4) is 15.4 Å². The lowest BCUT2D eigenvalue weighted by Gasteiger charge is -2.35. The number of carbonyl (C=O) groups is 3. The predicted molar refractivity (Wildman–Crippen MR) is 229 cm³/mol. The van der Waals surface area contributed by atoms with E-state index in [1.165, 1.54) is 15.3 Å². The average molecular weight is 821 g/mol. The number of nitrogens with zero attached hydrogens (tertiary/aromatic N) is 6. The number of fused-ring (bicyclic) bond motifs is 3. The van der Waals surface area contributed by atoms with Crippen LogP contribution in [0.2, 0.25) is 0 Å². The first-order chi connectivity index (χ1) is 27.5. The minimum absolute atomic E-state index is 0.0123. The Morgan fingerprint density at radius 2 is 1.66 bits per heavy atom. The number of hydrogen-bond acceptors (Lipinski definition) is 10. The van der Waals surface area contributed by atoms with Crippen LogP contribution >= 0.6 is 22.7 Å². The molecular formula is C44H52N8O4S2. The number of rotatable bonds is 10. The number of aryl methyl sites for hydroxylation is 4. The van der Waals surface area contributed by atoms with Crippen LogP contribution in [0.15, 0.2) is 59.0 Å². The molecule has 2 aliphatic rings. The molecule has 7 rings (SSSR count). The summed E-state index contributed by atoms with van der Waals surface area (Å²) in [5.41, 5.74) is 9.27. The molecule has 3 N–H and O–H groups in total. The van der Waals surface area contributed by atoms with Gasteiger partial charge in [-0.2, -0.15) is 0 Å². The van der Waals surface area contributed by atoms with Gasteiger partial charge in [0.2, 0.25) is 17.7 Å². The number of aliphatic hydroxyl groups excluding tert-OH is 1. The molecule has 5 heterocycles. The second kappa shape index (κ2) is 16.3. The maximum Gasteiger partial charge on any atom is 0.246 e. The number of thiazole rings is 1. The van der Waals surface area contributed by atoms with Crippen molar-refractivity contribution < 1.29 is 19.5 Å². The number of hydrogen-bond donors (Lipinski definition) is 3. The standard InChI is InChI=1S/C44H52N8O4S2/c1-23-27(5)58-43-36(23)37(46-26(4)40-50-49-28(6)52(40)43)31-13-10-29(11-14-31)12-19-35(54)48-39(44(7,8)9)42(56)51-21-33(53)20-34(51)41(55)47-24(2)30-15-17-32(18-16-30)38-25(3)45-22-57-38/h10-11,13-18,22,24,26,33-34,39,53H,12,19-21H2,1-9H3,(H,47,55)(H,48,54)/t24-,26-,33+,34-,39+/m0/s1. The Bertz CT molecular complexity index is 2370. The van der Waals surface area contributed by atoms with Crippen LogP contribution in [0, 0.1) is 33.1 Å². The Morgan fingerprint density at radius 3 is 2.31 bits per heavy atom. The van der Waals surface area contributed by atoms with Crippen LogP contribution in [0.4, 0.5) is 0 Å². The molecule has 2 aromatic carbocycles. The Labute approximate surface area is 347 Å². The van der Waals surface area contributed by atoms with Gasteiger partial charge in [-0.3, -0.25) is 23.9 Å². The van der Waals surface area contributed by atoms with E-state index in [4.69, 9.17) is 4.99 Å². The zero-order valence-electron chi connectivity index (χ0n) is 34.6. The number of benzene rings is 2. The van der Waals surface area contributed by atoms with Gasteiger partial charge in [0.1, 0.15) is 29.0 Å². The lowest BCUT2D eigenvalue weighted by Crippen LogP contribution is -2.57. The quantitative estimate of drug-likeness (QED) is 0.139. The summed E-state index contributed by atoms with van der Waals surface area (Å²) in [7, 11) is 0. The highest BCUT2D eigenvalue weighted by Gasteiger charge is 2.44. The fraction of sp³-hybridized carbons (Fsp3) is 0.432. The smallest absolute Gasteiger partial charge is 0.246 e. The van der Waals surface area contributed by atoms with Crippen molar-refractivity contribution in [3.05, 3.63) is 104 Å². The third-order valence-corrected chi connectivity index (χ3v) is 13.5. The predicted octanol–water partition coefficient (Wildman–Crippen LogP) is 6.90. The summed E-state index contributed by atoms with van der Waals surface area (Å²) in [4.78, 5) is 54.7. The number of thiophene rings is 1. The highest BCUT2D eigenvalue weighted by molar-refractivity contribution is 7.15. The molecule has 0 spiro atoms. The van der Waals surface area contributed by atoms with E-state index in [2.05, 4.69) is 56.4 Å². The van der Waals surface area contributed by atoms with Crippen LogP contribution in [0.5, 0.6) is 0 Å². The third kappa shape index (κ3) is 8.14. The Hall–Kier alpha value is -5.05. The molecule has 5 aromatic rings. The van der Waals surface area contributed by atoms with E-state index >= 15 is 0 Å². The molecule has 5 atom stereocenters. The molecular weight excluding hydrogens is 769 g/mol. The van der Waals surface area contributed by atoms with Crippen molar-refractivity contribution >= 4 is 46.1 Å². The van der Waals surface area contributed by atoms with Crippen molar-refractivity contribution in [2.24, 2.45) is 10.4 Å². The van der Waals surface area contributed by atoms with Crippen LogP contribution < -0.4 is 10.6 Å². The van der Waals surface area contributed by atoms with Crippen molar-refractivity contribution in [1.29, 1.82) is 0 Å². The topological polar surface area (TPSA) is 155 Å². The molecule has 3 aromatic heterocycles. The first-order valence-electron chi connectivity index (χ1n) is 19.8. The van der Waals surface area contributed by atoms with Gasteiger partial charge in [0.15, 0.2) is 5.82 Å². The summed E-state index contributed by atoms with van der Waals surface area (Å²) in [5.74, 6) is 0.657. The van der Waals surface area contributed by atoms with Gasteiger partial charge in [-0.15, -0.1) is 32.9 Å². The Morgan fingerprint density at radius 1 is 0.966 bits per heavy atom. The normalized spacial score (nSPS) is 18.8. The maximum atomic E-state index is 14.2. The number of likely N-dealkylation sites (tertiary alicyclic amines) is 1. The van der Waals surface area contributed by atoms with E-state index in [0.717, 1.165) is 60.7 Å². The number of β-amino-alcohol motifs (C(OH)–C–C–N with tert-alkyl or cyclic N) is 1. The van der Waals surface area contributed by atoms with Gasteiger partial charge in [-0.25, -0.2) is 4.98 Å². The number of aromatic nitrogens is 4. The molecule has 0 bridgehead atoms. The molecule has 1 fully saturated rings. The van der Waals surface area contributed by atoms with E-state index in [1.807, 2.05) is 90.4 Å². The van der Waals surface area contributed by atoms with Crippen molar-refractivity contribution in [1.82, 2.24) is 35.3 Å². The van der Waals surface area contributed by atoms with Gasteiger partial charge in [0.05, 0.1) is 33.9 Å². The molecule has 0 saturated carbocycles. The SMILES string of the molecule is Cc1ncsc1-c1ccc([C@H](C)NC(=O)[C@@H]2C[C@@H](O)CN2C(=O)[C@@H](NC(=O)CCc2ccc(C3=N[C@@H](C)c4nnc(C)n4-c4sc(C)c(C)c43)cc2)C(C)(C)C)cc1. The summed E-state index contributed by atoms with van der Waals surface area (Å²) in [5, 5.41) is 26.6. The van der Waals surface area contributed by atoms with Gasteiger partial charge >= 0.3 is 0 Å². The Balaban J connectivity index is 0.996. The van der Waals surface area contributed by atoms with Crippen molar-refractivity contribution in [2.75, 3.05) is 6.54 Å². The Kier molecular flexibility index (Phi) is 11.6. The van der Waals surface area contributed by atoms with Crippen molar-refractivity contribution in [3.63, 3.8) is 0 Å². The van der Waals surface area contributed by atoms with Gasteiger partial charge in [0.25, 0.3) is 0 Å². The highest BCUT2D eigenvalue weighted by atomic mass is 32.1. The molecule has 304 valence electrons. The minimum Gasteiger partial charge on any atom is -0.391 e. The van der Waals surface area contributed by atoms with Crippen LogP contribution in [-0.2, 0) is 20.8 Å². The third-order valence-electron chi connectivity index (χ3n) is 11.3. The number of aliphatic imine (C=N–C) groups is 1. The summed E-state index contributed by atoms with van der Waals surface area (Å²) >= 11 is 3.31. The monoisotopic (exact) mass is 820 g/mol. The summed E-state index contributed by atoms with van der Waals surface area (Å²) in [6.45, 7) is 17.8. The fourth-order valence-corrected chi connectivity index (χ4v) is 9.84. The first kappa shape index (κ1) is 41.1. The average Bonchev–Trinajstić information content (AvgIpc) is 3.95. The fourth-order valence-electron chi connectivity index (χ4n) is 7.82. The van der Waals surface area contributed by atoms with Gasteiger partial charge in [0, 0.05) is 35.4 Å². The summed E-state index contributed by atoms with van der Waals surface area (Å²) < 4.78 is 2.12. The molecule has 0 radical (unpaired) electrons. The molecule has 0 unspecified atom stereocenters. The lowest BCUT2D eigenvalue weighted by atomic mass is 9.85. The van der Waals surface area contributed by atoms with Gasteiger partial charge < -0.3 is 20.6 Å². The second-order valence-corrected chi connectivity index (χ2v) is 18.7. The molecule has 3 amide bonds. The number of carbonyl (C=O) groups excluding carboxylic acids is 3. The molecule has 58 heavy (non-hydrogen) atoms. The van der Waals surface area contributed by atoms with Crippen molar-refractivity contribution in [2.45, 2.75) is 112 Å². The minimum atomic E-state index is -0.904. The van der Waals surface area contributed by atoms with E-state index in [-0.39, 0.29) is 49.2 Å². The summed E-state index contributed by atoms with van der Waals surface area (Å²) in [6, 6.07) is 13.9. The van der Waals surface area contributed by atoms with E-state index < -0.39 is 23.6 Å². The number of nitrogens with one attached hydrogen (secondary N) is 2. The summed E-state index contributed by atoms with van der Waals surface area (Å²) in [6.07, 6.45) is -0.0961. The molecule has 14 heteroatoms. The molecule has 0 aliphatic carbocycles. The lowest BCUT2D eigenvalue weighted by molar-refractivity contribution is -0.144. The van der Waals surface area contributed by atoms with E-state index in [0.29, 0.717) is 6.42 Å². The number of aliphatic hydroxyl groups is 1. The van der Waals surface area contributed by atoms with Crippen LogP contribution in [-0.4, -0.2) is 77.9 Å². The molecule has 1 saturated heterocycles. The van der Waals surface area contributed by atoms with Crippen LogP contribution in [0.1, 0.15) is 110 Å². The van der Waals surface area contributed by atoms with Crippen LogP contribution in [0.25, 0.3) is 15.4 Å². The highest BCUT2D eigenvalue weighted by Crippen LogP contribution is 2.39. The zero-order chi connectivity index (χ0) is 41.6. The molecule has 2 aliphatic heterocycles. The number of amides is 3. The van der Waals surface area contributed by atoms with E-state index in [9.17, 15) is 19.5 Å². The molecule has 12 nitrogen and oxygen atoms in total. The van der Waals surface area contributed by atoms with Crippen LogP contribution in [0.3, 0.4) is 0 Å². The van der Waals surface area contributed by atoms with E-state index in [1.54, 1.807) is 22.7 Å². The zero-order valence-corrected chi connectivity index (χ0v) is 36.2. The largest absolute Gasteiger partial charge is 0.391 e.